The van der Waals surface area contributed by atoms with Crippen molar-refractivity contribution in [2.75, 3.05) is 13.2 Å². The third-order valence-electron chi connectivity index (χ3n) is 4.26. The first kappa shape index (κ1) is 22.1. The number of rotatable bonds is 8. The Hall–Kier alpha value is -2.24. The van der Waals surface area contributed by atoms with E-state index in [0.717, 1.165) is 5.56 Å². The van der Waals surface area contributed by atoms with Crippen molar-refractivity contribution in [1.82, 2.24) is 10.2 Å². The lowest BCUT2D eigenvalue weighted by Crippen LogP contribution is -2.49. The largest absolute Gasteiger partial charge is 0.484 e. The lowest BCUT2D eigenvalue weighted by atomic mass is 10.1. The molecule has 0 aliphatic heterocycles. The minimum Gasteiger partial charge on any atom is -0.484 e. The van der Waals surface area contributed by atoms with Gasteiger partial charge in [0.25, 0.3) is 5.91 Å². The second-order valence-corrected chi connectivity index (χ2v) is 7.27. The summed E-state index contributed by atoms with van der Waals surface area (Å²) in [6, 6.07) is 11.8. The van der Waals surface area contributed by atoms with Crippen LogP contribution in [0, 0.1) is 6.92 Å². The maximum absolute atomic E-state index is 12.9. The summed E-state index contributed by atoms with van der Waals surface area (Å²) in [6.07, 6.45) is 0. The van der Waals surface area contributed by atoms with E-state index in [-0.39, 0.29) is 25.0 Å². The highest BCUT2D eigenvalue weighted by Gasteiger charge is 2.26. The summed E-state index contributed by atoms with van der Waals surface area (Å²) in [6.45, 7) is 5.95. The maximum atomic E-state index is 12.9. The summed E-state index contributed by atoms with van der Waals surface area (Å²) in [5.74, 6) is 0.0377. The minimum absolute atomic E-state index is 0.171. The summed E-state index contributed by atoms with van der Waals surface area (Å²) in [7, 11) is 0. The van der Waals surface area contributed by atoms with Crippen molar-refractivity contribution >= 4 is 35.0 Å². The lowest BCUT2D eigenvalue weighted by molar-refractivity contribution is -0.142. The van der Waals surface area contributed by atoms with Crippen LogP contribution in [-0.4, -0.2) is 35.9 Å². The number of halogens is 2. The number of ether oxygens (including phenoxy) is 1. The number of likely N-dealkylation sites (N-methyl/N-ethyl adjacent to an activating group) is 1. The number of amides is 2. The van der Waals surface area contributed by atoms with Crippen LogP contribution in [-0.2, 0) is 16.1 Å². The molecule has 0 heterocycles. The fourth-order valence-electron chi connectivity index (χ4n) is 2.60. The fraction of sp³-hybridized carbons (Fsp3) is 0.333. The van der Waals surface area contributed by atoms with E-state index < -0.39 is 6.04 Å². The standard InChI is InChI=1S/C21H24Cl2N2O3/c1-4-24-21(27)15(3)25(12-16-7-8-17(22)11-19(16)23)20(26)13-28-18-9-5-14(2)6-10-18/h5-11,15H,4,12-13H2,1-3H3,(H,24,27)/t15-/m1/s1. The zero-order valence-corrected chi connectivity index (χ0v) is 17.7. The van der Waals surface area contributed by atoms with Gasteiger partial charge in [0.05, 0.1) is 0 Å². The van der Waals surface area contributed by atoms with Crippen molar-refractivity contribution in [2.45, 2.75) is 33.4 Å². The topological polar surface area (TPSA) is 58.6 Å². The van der Waals surface area contributed by atoms with Crippen LogP contribution in [0.25, 0.3) is 0 Å². The van der Waals surface area contributed by atoms with Crippen LogP contribution in [0.3, 0.4) is 0 Å². The predicted molar refractivity (Wildman–Crippen MR) is 112 cm³/mol. The van der Waals surface area contributed by atoms with E-state index in [1.165, 1.54) is 4.90 Å². The summed E-state index contributed by atoms with van der Waals surface area (Å²) in [5, 5.41) is 3.69. The van der Waals surface area contributed by atoms with Gasteiger partial charge in [-0.2, -0.15) is 0 Å². The molecular weight excluding hydrogens is 399 g/mol. The highest BCUT2D eigenvalue weighted by Crippen LogP contribution is 2.23. The monoisotopic (exact) mass is 422 g/mol. The fourth-order valence-corrected chi connectivity index (χ4v) is 3.07. The average Bonchev–Trinajstić information content (AvgIpc) is 2.66. The van der Waals surface area contributed by atoms with E-state index in [1.807, 2.05) is 26.0 Å². The highest BCUT2D eigenvalue weighted by molar-refractivity contribution is 6.35. The van der Waals surface area contributed by atoms with E-state index in [4.69, 9.17) is 27.9 Å². The maximum Gasteiger partial charge on any atom is 0.261 e. The minimum atomic E-state index is -0.680. The van der Waals surface area contributed by atoms with Gasteiger partial charge in [-0.25, -0.2) is 0 Å². The van der Waals surface area contributed by atoms with Gasteiger partial charge in [-0.1, -0.05) is 47.0 Å². The number of aryl methyl sites for hydroxylation is 1. The molecule has 0 saturated carbocycles. The Kier molecular flexibility index (Phi) is 8.15. The van der Waals surface area contributed by atoms with Crippen molar-refractivity contribution in [3.05, 3.63) is 63.6 Å². The molecule has 0 aliphatic carbocycles. The second kappa shape index (κ2) is 10.3. The molecule has 5 nitrogen and oxygen atoms in total. The Morgan fingerprint density at radius 2 is 1.82 bits per heavy atom. The average molecular weight is 423 g/mol. The molecule has 0 saturated heterocycles. The first-order chi connectivity index (χ1) is 13.3. The van der Waals surface area contributed by atoms with E-state index in [1.54, 1.807) is 37.3 Å². The van der Waals surface area contributed by atoms with Gasteiger partial charge in [-0.15, -0.1) is 0 Å². The second-order valence-electron chi connectivity index (χ2n) is 6.43. The molecule has 0 spiro atoms. The summed E-state index contributed by atoms with van der Waals surface area (Å²) in [5.41, 5.74) is 1.80. The van der Waals surface area contributed by atoms with Gasteiger partial charge in [0.15, 0.2) is 6.61 Å². The zero-order valence-electron chi connectivity index (χ0n) is 16.2. The molecule has 1 atom stereocenters. The van der Waals surface area contributed by atoms with Crippen LogP contribution in [0.15, 0.2) is 42.5 Å². The molecule has 2 rings (SSSR count). The van der Waals surface area contributed by atoms with Crippen molar-refractivity contribution < 1.29 is 14.3 Å². The Bertz CT molecular complexity index is 825. The van der Waals surface area contributed by atoms with Crippen molar-refractivity contribution in [2.24, 2.45) is 0 Å². The molecule has 0 fully saturated rings. The molecule has 2 aromatic carbocycles. The van der Waals surface area contributed by atoms with Crippen LogP contribution >= 0.6 is 23.2 Å². The molecule has 0 aliphatic rings. The molecule has 2 amide bonds. The molecule has 150 valence electrons. The first-order valence-electron chi connectivity index (χ1n) is 9.02. The summed E-state index contributed by atoms with van der Waals surface area (Å²) in [4.78, 5) is 26.7. The van der Waals surface area contributed by atoms with E-state index >= 15 is 0 Å². The van der Waals surface area contributed by atoms with Crippen LogP contribution < -0.4 is 10.1 Å². The number of carbonyl (C=O) groups is 2. The third-order valence-corrected chi connectivity index (χ3v) is 4.84. The van der Waals surface area contributed by atoms with Crippen molar-refractivity contribution in [1.29, 1.82) is 0 Å². The van der Waals surface area contributed by atoms with Gasteiger partial charge in [0.1, 0.15) is 11.8 Å². The van der Waals surface area contributed by atoms with E-state index in [2.05, 4.69) is 5.32 Å². The molecule has 28 heavy (non-hydrogen) atoms. The zero-order chi connectivity index (χ0) is 20.7. The lowest BCUT2D eigenvalue weighted by Gasteiger charge is -2.29. The van der Waals surface area contributed by atoms with Gasteiger partial charge in [0.2, 0.25) is 5.91 Å². The Morgan fingerprint density at radius 3 is 2.43 bits per heavy atom. The molecule has 7 heteroatoms. The van der Waals surface area contributed by atoms with Crippen LogP contribution in [0.1, 0.15) is 25.0 Å². The predicted octanol–water partition coefficient (Wildman–Crippen LogP) is 4.23. The van der Waals surface area contributed by atoms with Crippen LogP contribution in [0.2, 0.25) is 10.0 Å². The van der Waals surface area contributed by atoms with Crippen LogP contribution in [0.5, 0.6) is 5.75 Å². The van der Waals surface area contributed by atoms with Gasteiger partial charge in [0, 0.05) is 23.1 Å². The van der Waals surface area contributed by atoms with E-state index in [0.29, 0.717) is 27.9 Å². The van der Waals surface area contributed by atoms with Crippen molar-refractivity contribution in [3.8, 4) is 5.75 Å². The molecular formula is C21H24Cl2N2O3. The Balaban J connectivity index is 2.17. The number of nitrogens with zero attached hydrogens (tertiary/aromatic N) is 1. The third kappa shape index (κ3) is 6.14. The summed E-state index contributed by atoms with van der Waals surface area (Å²) >= 11 is 12.2. The molecule has 1 N–H and O–H groups in total. The molecule has 0 unspecified atom stereocenters. The smallest absolute Gasteiger partial charge is 0.261 e. The molecule has 0 aromatic heterocycles. The molecule has 2 aromatic rings. The van der Waals surface area contributed by atoms with Gasteiger partial charge in [-0.3, -0.25) is 9.59 Å². The summed E-state index contributed by atoms with van der Waals surface area (Å²) < 4.78 is 5.60. The van der Waals surface area contributed by atoms with Crippen LogP contribution in [0.4, 0.5) is 0 Å². The number of hydrogen-bond acceptors (Lipinski definition) is 3. The molecule has 0 bridgehead atoms. The highest BCUT2D eigenvalue weighted by atomic mass is 35.5. The molecule has 0 radical (unpaired) electrons. The first-order valence-corrected chi connectivity index (χ1v) is 9.78. The normalized spacial score (nSPS) is 11.6. The van der Waals surface area contributed by atoms with Gasteiger partial charge >= 0.3 is 0 Å². The number of hydrogen-bond donors (Lipinski definition) is 1. The Labute approximate surface area is 175 Å². The quantitative estimate of drug-likeness (QED) is 0.691. The van der Waals surface area contributed by atoms with Gasteiger partial charge < -0.3 is 15.0 Å². The number of nitrogens with one attached hydrogen (secondary N) is 1. The number of benzene rings is 2. The van der Waals surface area contributed by atoms with E-state index in [9.17, 15) is 9.59 Å². The van der Waals surface area contributed by atoms with Gasteiger partial charge in [-0.05, 0) is 50.6 Å². The number of carbonyl (C=O) groups excluding carboxylic acids is 2. The van der Waals surface area contributed by atoms with Crippen molar-refractivity contribution in [3.63, 3.8) is 0 Å². The Morgan fingerprint density at radius 1 is 1.14 bits per heavy atom. The SMILES string of the molecule is CCNC(=O)[C@@H](C)N(Cc1ccc(Cl)cc1Cl)C(=O)COc1ccc(C)cc1.